The topological polar surface area (TPSA) is 58.1 Å². The summed E-state index contributed by atoms with van der Waals surface area (Å²) in [5.74, 6) is 0.0142. The van der Waals surface area contributed by atoms with Crippen molar-refractivity contribution in [2.45, 2.75) is 32.1 Å². The van der Waals surface area contributed by atoms with Gasteiger partial charge < -0.3 is 10.2 Å². The molecule has 0 bridgehead atoms. The summed E-state index contributed by atoms with van der Waals surface area (Å²) in [4.78, 5) is 23.6. The molecule has 1 N–H and O–H groups in total. The minimum atomic E-state index is 0.0142. The third-order valence-electron chi connectivity index (χ3n) is 4.92. The van der Waals surface area contributed by atoms with Crippen LogP contribution in [0.5, 0.6) is 0 Å². The number of amides is 1. The molecule has 1 aliphatic heterocycles. The number of thiazole rings is 1. The van der Waals surface area contributed by atoms with Crippen molar-refractivity contribution in [3.05, 3.63) is 59.0 Å². The molecule has 1 amide bonds. The summed E-state index contributed by atoms with van der Waals surface area (Å²) in [5.41, 5.74) is 3.82. The number of aromatic nitrogens is 2. The molecule has 0 unspecified atom stereocenters. The lowest BCUT2D eigenvalue weighted by Gasteiger charge is -2.28. The molecule has 3 heterocycles. The third kappa shape index (κ3) is 4.75. The first-order valence-corrected chi connectivity index (χ1v) is 10.7. The van der Waals surface area contributed by atoms with Crippen molar-refractivity contribution in [1.82, 2.24) is 9.97 Å². The van der Waals surface area contributed by atoms with Crippen molar-refractivity contribution < 1.29 is 4.79 Å². The molecule has 3 aromatic rings. The molecule has 0 saturated carbocycles. The van der Waals surface area contributed by atoms with E-state index in [1.54, 1.807) is 17.5 Å². The van der Waals surface area contributed by atoms with Gasteiger partial charge in [-0.05, 0) is 55.7 Å². The average molecular weight is 393 g/mol. The van der Waals surface area contributed by atoms with Crippen molar-refractivity contribution in [2.75, 3.05) is 23.3 Å². The van der Waals surface area contributed by atoms with Crippen LogP contribution in [0.15, 0.2) is 54.0 Å². The fourth-order valence-corrected chi connectivity index (χ4v) is 4.20. The number of piperidine rings is 1. The SMILES string of the molecule is O=C(CCc1nc(-c2ccccn2)cs1)Nc1ccc(N2CCCCC2)cc1. The number of hydrogen-bond acceptors (Lipinski definition) is 5. The molecular formula is C22H24N4OS. The Bertz CT molecular complexity index is 902. The molecule has 0 aliphatic carbocycles. The highest BCUT2D eigenvalue weighted by atomic mass is 32.1. The molecule has 2 aromatic heterocycles. The molecule has 1 aliphatic rings. The number of hydrogen-bond donors (Lipinski definition) is 1. The molecule has 0 spiro atoms. The Balaban J connectivity index is 1.28. The molecular weight excluding hydrogens is 368 g/mol. The third-order valence-corrected chi connectivity index (χ3v) is 5.83. The Morgan fingerprint density at radius 3 is 2.61 bits per heavy atom. The van der Waals surface area contributed by atoms with Gasteiger partial charge in [-0.25, -0.2) is 4.98 Å². The van der Waals surface area contributed by atoms with Crippen molar-refractivity contribution in [2.24, 2.45) is 0 Å². The van der Waals surface area contributed by atoms with Gasteiger partial charge in [0.15, 0.2) is 0 Å². The highest BCUT2D eigenvalue weighted by Gasteiger charge is 2.11. The molecule has 5 nitrogen and oxygen atoms in total. The molecule has 1 saturated heterocycles. The van der Waals surface area contributed by atoms with Gasteiger partial charge in [-0.1, -0.05) is 6.07 Å². The molecule has 144 valence electrons. The van der Waals surface area contributed by atoms with Crippen molar-refractivity contribution >= 4 is 28.6 Å². The van der Waals surface area contributed by atoms with E-state index in [-0.39, 0.29) is 5.91 Å². The Hall–Kier alpha value is -2.73. The first-order chi connectivity index (χ1) is 13.8. The maximum atomic E-state index is 12.3. The van der Waals surface area contributed by atoms with Gasteiger partial charge in [0, 0.05) is 48.9 Å². The van der Waals surface area contributed by atoms with Gasteiger partial charge in [-0.15, -0.1) is 11.3 Å². The second-order valence-electron chi connectivity index (χ2n) is 6.98. The molecule has 1 aromatic carbocycles. The van der Waals surface area contributed by atoms with Crippen LogP contribution >= 0.6 is 11.3 Å². The van der Waals surface area contributed by atoms with Crippen LogP contribution < -0.4 is 10.2 Å². The molecule has 0 radical (unpaired) electrons. The lowest BCUT2D eigenvalue weighted by atomic mass is 10.1. The number of anilines is 2. The summed E-state index contributed by atoms with van der Waals surface area (Å²) in [6.07, 6.45) is 6.66. The first-order valence-electron chi connectivity index (χ1n) is 9.78. The smallest absolute Gasteiger partial charge is 0.224 e. The van der Waals surface area contributed by atoms with E-state index in [1.807, 2.05) is 35.7 Å². The lowest BCUT2D eigenvalue weighted by molar-refractivity contribution is -0.116. The number of carbonyl (C=O) groups is 1. The van der Waals surface area contributed by atoms with Gasteiger partial charge in [-0.3, -0.25) is 9.78 Å². The van der Waals surface area contributed by atoms with Gasteiger partial charge in [0.25, 0.3) is 0 Å². The highest BCUT2D eigenvalue weighted by Crippen LogP contribution is 2.23. The van der Waals surface area contributed by atoms with E-state index < -0.39 is 0 Å². The Morgan fingerprint density at radius 2 is 1.86 bits per heavy atom. The average Bonchev–Trinajstić information content (AvgIpc) is 3.23. The summed E-state index contributed by atoms with van der Waals surface area (Å²) in [6, 6.07) is 14.0. The van der Waals surface area contributed by atoms with E-state index in [1.165, 1.54) is 24.9 Å². The minimum Gasteiger partial charge on any atom is -0.372 e. The van der Waals surface area contributed by atoms with Crippen LogP contribution in [-0.2, 0) is 11.2 Å². The fraction of sp³-hybridized carbons (Fsp3) is 0.318. The van der Waals surface area contributed by atoms with Crippen LogP contribution in [0.1, 0.15) is 30.7 Å². The minimum absolute atomic E-state index is 0.0142. The Morgan fingerprint density at radius 1 is 1.04 bits per heavy atom. The zero-order chi connectivity index (χ0) is 19.2. The molecule has 1 fully saturated rings. The van der Waals surface area contributed by atoms with Gasteiger partial charge in [0.05, 0.1) is 16.4 Å². The zero-order valence-electron chi connectivity index (χ0n) is 15.8. The summed E-state index contributed by atoms with van der Waals surface area (Å²) in [7, 11) is 0. The van der Waals surface area contributed by atoms with Crippen molar-refractivity contribution in [3.63, 3.8) is 0 Å². The second kappa shape index (κ2) is 8.97. The molecule has 28 heavy (non-hydrogen) atoms. The maximum absolute atomic E-state index is 12.3. The second-order valence-corrected chi connectivity index (χ2v) is 7.93. The quantitative estimate of drug-likeness (QED) is 0.657. The van der Waals surface area contributed by atoms with Gasteiger partial charge in [0.2, 0.25) is 5.91 Å². The summed E-state index contributed by atoms with van der Waals surface area (Å²) in [5, 5.41) is 5.94. The maximum Gasteiger partial charge on any atom is 0.224 e. The monoisotopic (exact) mass is 392 g/mol. The van der Waals surface area contributed by atoms with Crippen molar-refractivity contribution in [1.29, 1.82) is 0 Å². The van der Waals surface area contributed by atoms with Crippen LogP contribution in [0, 0.1) is 0 Å². The highest BCUT2D eigenvalue weighted by molar-refractivity contribution is 7.09. The fourth-order valence-electron chi connectivity index (χ4n) is 3.41. The van der Waals surface area contributed by atoms with Crippen LogP contribution in [0.3, 0.4) is 0 Å². The number of nitrogens with zero attached hydrogens (tertiary/aromatic N) is 3. The number of rotatable bonds is 6. The summed E-state index contributed by atoms with van der Waals surface area (Å²) >= 11 is 1.57. The van der Waals surface area contributed by atoms with Gasteiger partial charge in [0.1, 0.15) is 0 Å². The lowest BCUT2D eigenvalue weighted by Crippen LogP contribution is -2.29. The number of aryl methyl sites for hydroxylation is 1. The van der Waals surface area contributed by atoms with Gasteiger partial charge in [-0.2, -0.15) is 0 Å². The van der Waals surface area contributed by atoms with Crippen LogP contribution in [-0.4, -0.2) is 29.0 Å². The van der Waals surface area contributed by atoms with E-state index >= 15 is 0 Å². The van der Waals surface area contributed by atoms with E-state index in [2.05, 4.69) is 32.3 Å². The van der Waals surface area contributed by atoms with E-state index in [0.29, 0.717) is 12.8 Å². The number of pyridine rings is 1. The molecule has 0 atom stereocenters. The normalized spacial score (nSPS) is 14.1. The first kappa shape index (κ1) is 18.6. The van der Waals surface area contributed by atoms with Gasteiger partial charge >= 0.3 is 0 Å². The van der Waals surface area contributed by atoms with Crippen molar-refractivity contribution in [3.8, 4) is 11.4 Å². The van der Waals surface area contributed by atoms with E-state index in [9.17, 15) is 4.79 Å². The standard InChI is InChI=1S/C22H24N4OS/c27-21(11-12-22-25-20(16-28-22)19-6-2-3-13-23-19)24-17-7-9-18(10-8-17)26-14-4-1-5-15-26/h2-3,6-10,13,16H,1,4-5,11-12,14-15H2,(H,24,27). The summed E-state index contributed by atoms with van der Waals surface area (Å²) in [6.45, 7) is 2.25. The Kier molecular flexibility index (Phi) is 5.97. The van der Waals surface area contributed by atoms with Crippen LogP contribution in [0.2, 0.25) is 0 Å². The predicted octanol–water partition coefficient (Wildman–Crippen LogP) is 4.77. The Labute approximate surface area is 169 Å². The predicted molar refractivity (Wildman–Crippen MR) is 115 cm³/mol. The van der Waals surface area contributed by atoms with E-state index in [4.69, 9.17) is 0 Å². The number of nitrogens with one attached hydrogen (secondary N) is 1. The molecule has 6 heteroatoms. The summed E-state index contributed by atoms with van der Waals surface area (Å²) < 4.78 is 0. The zero-order valence-corrected chi connectivity index (χ0v) is 16.6. The number of carbonyl (C=O) groups excluding carboxylic acids is 1. The van der Waals surface area contributed by atoms with E-state index in [0.717, 1.165) is 35.2 Å². The largest absolute Gasteiger partial charge is 0.372 e. The van der Waals surface area contributed by atoms with Crippen LogP contribution in [0.25, 0.3) is 11.4 Å². The number of benzene rings is 1. The van der Waals surface area contributed by atoms with Crippen LogP contribution in [0.4, 0.5) is 11.4 Å². The molecule has 4 rings (SSSR count).